The van der Waals surface area contributed by atoms with Gasteiger partial charge in [0.05, 0.1) is 0 Å². The average Bonchev–Trinajstić information content (AvgIpc) is 2.06. The molecule has 0 amide bonds. The maximum absolute atomic E-state index is 13.3. The van der Waals surface area contributed by atoms with Gasteiger partial charge in [-0.15, -0.1) is 0 Å². The van der Waals surface area contributed by atoms with Crippen LogP contribution in [-0.2, 0) is 6.42 Å². The Balaban J connectivity index is 2.47. The molecular weight excluding hydrogens is 186 g/mol. The van der Waals surface area contributed by atoms with Crippen LogP contribution in [0.4, 0.5) is 8.78 Å². The molecule has 3 heteroatoms. The van der Waals surface area contributed by atoms with Crippen LogP contribution in [0.15, 0.2) is 12.1 Å². The van der Waals surface area contributed by atoms with Crippen LogP contribution >= 0.6 is 0 Å². The first-order valence-corrected chi connectivity index (χ1v) is 4.65. The van der Waals surface area contributed by atoms with Crippen LogP contribution in [0.2, 0.25) is 0 Å². The van der Waals surface area contributed by atoms with E-state index in [0.29, 0.717) is 12.0 Å². The Morgan fingerprint density at radius 3 is 2.71 bits per heavy atom. The molecule has 2 rings (SSSR count). The number of hydrogen-bond acceptors (Lipinski definition) is 1. The van der Waals surface area contributed by atoms with Gasteiger partial charge in [0.2, 0.25) is 0 Å². The van der Waals surface area contributed by atoms with Crippen LogP contribution < -0.4 is 4.74 Å². The highest BCUT2D eigenvalue weighted by Gasteiger charge is 2.29. The molecule has 14 heavy (non-hydrogen) atoms. The SMILES string of the molecule is CC1(C)CCc2cc(F)cc(F)c2O1. The van der Waals surface area contributed by atoms with Crippen molar-refractivity contribution in [3.63, 3.8) is 0 Å². The molecule has 0 aromatic heterocycles. The van der Waals surface area contributed by atoms with Crippen LogP contribution in [-0.4, -0.2) is 5.60 Å². The van der Waals surface area contributed by atoms with Gasteiger partial charge in [-0.2, -0.15) is 0 Å². The summed E-state index contributed by atoms with van der Waals surface area (Å²) in [5.74, 6) is -0.931. The Hall–Kier alpha value is -1.12. The number of fused-ring (bicyclic) bond motifs is 1. The maximum Gasteiger partial charge on any atom is 0.168 e. The highest BCUT2D eigenvalue weighted by atomic mass is 19.1. The summed E-state index contributed by atoms with van der Waals surface area (Å²) >= 11 is 0. The Labute approximate surface area is 81.7 Å². The Kier molecular flexibility index (Phi) is 1.98. The molecule has 1 aliphatic heterocycles. The zero-order valence-corrected chi connectivity index (χ0v) is 8.23. The summed E-state index contributed by atoms with van der Waals surface area (Å²) in [6.07, 6.45) is 1.44. The van der Waals surface area contributed by atoms with Crippen molar-refractivity contribution in [2.75, 3.05) is 0 Å². The van der Waals surface area contributed by atoms with E-state index < -0.39 is 11.6 Å². The third kappa shape index (κ3) is 1.59. The first-order valence-electron chi connectivity index (χ1n) is 4.65. The summed E-state index contributed by atoms with van der Waals surface area (Å²) < 4.78 is 31.6. The molecule has 1 aromatic rings. The zero-order valence-electron chi connectivity index (χ0n) is 8.23. The van der Waals surface area contributed by atoms with Crippen molar-refractivity contribution >= 4 is 0 Å². The smallest absolute Gasteiger partial charge is 0.168 e. The molecule has 1 aliphatic rings. The van der Waals surface area contributed by atoms with Gasteiger partial charge in [-0.05, 0) is 32.8 Å². The topological polar surface area (TPSA) is 9.23 Å². The van der Waals surface area contributed by atoms with E-state index in [9.17, 15) is 8.78 Å². The van der Waals surface area contributed by atoms with Gasteiger partial charge in [0.25, 0.3) is 0 Å². The second kappa shape index (κ2) is 2.94. The summed E-state index contributed by atoms with van der Waals surface area (Å²) in [5.41, 5.74) is 0.271. The van der Waals surface area contributed by atoms with Crippen molar-refractivity contribution in [3.05, 3.63) is 29.3 Å². The van der Waals surface area contributed by atoms with Crippen LogP contribution in [0.25, 0.3) is 0 Å². The van der Waals surface area contributed by atoms with Crippen molar-refractivity contribution in [1.82, 2.24) is 0 Å². The van der Waals surface area contributed by atoms with Gasteiger partial charge in [-0.25, -0.2) is 8.78 Å². The van der Waals surface area contributed by atoms with Gasteiger partial charge in [0, 0.05) is 11.6 Å². The van der Waals surface area contributed by atoms with Crippen molar-refractivity contribution in [3.8, 4) is 5.75 Å². The number of benzene rings is 1. The van der Waals surface area contributed by atoms with Crippen LogP contribution in [0.5, 0.6) is 5.75 Å². The van der Waals surface area contributed by atoms with Gasteiger partial charge < -0.3 is 4.74 Å². The second-order valence-corrected chi connectivity index (χ2v) is 4.24. The molecule has 0 fully saturated rings. The van der Waals surface area contributed by atoms with E-state index in [2.05, 4.69) is 0 Å². The van der Waals surface area contributed by atoms with E-state index in [0.717, 1.165) is 12.5 Å². The molecule has 0 aliphatic carbocycles. The van der Waals surface area contributed by atoms with Crippen molar-refractivity contribution in [2.24, 2.45) is 0 Å². The predicted octanol–water partition coefficient (Wildman–Crippen LogP) is 3.07. The first kappa shape index (κ1) is 9.44. The van der Waals surface area contributed by atoms with Crippen molar-refractivity contribution in [1.29, 1.82) is 0 Å². The molecule has 1 heterocycles. The average molecular weight is 198 g/mol. The highest BCUT2D eigenvalue weighted by molar-refractivity contribution is 5.38. The summed E-state index contributed by atoms with van der Waals surface area (Å²) in [6.45, 7) is 3.80. The molecule has 76 valence electrons. The minimum atomic E-state index is -0.604. The normalized spacial score (nSPS) is 18.6. The first-order chi connectivity index (χ1) is 6.48. The van der Waals surface area contributed by atoms with E-state index in [1.54, 1.807) is 0 Å². The van der Waals surface area contributed by atoms with Gasteiger partial charge in [-0.1, -0.05) is 0 Å². The van der Waals surface area contributed by atoms with E-state index in [-0.39, 0.29) is 11.4 Å². The van der Waals surface area contributed by atoms with Crippen molar-refractivity contribution < 1.29 is 13.5 Å². The third-order valence-electron chi connectivity index (χ3n) is 2.46. The lowest BCUT2D eigenvalue weighted by Crippen LogP contribution is -2.33. The van der Waals surface area contributed by atoms with Gasteiger partial charge in [0.15, 0.2) is 11.6 Å². The van der Waals surface area contributed by atoms with E-state index in [4.69, 9.17) is 4.74 Å². The molecule has 0 unspecified atom stereocenters. The lowest BCUT2D eigenvalue weighted by molar-refractivity contribution is 0.0786. The van der Waals surface area contributed by atoms with Gasteiger partial charge in [-0.3, -0.25) is 0 Å². The fraction of sp³-hybridized carbons (Fsp3) is 0.455. The van der Waals surface area contributed by atoms with Crippen molar-refractivity contribution in [2.45, 2.75) is 32.3 Å². The Morgan fingerprint density at radius 2 is 2.00 bits per heavy atom. The summed E-state index contributed by atoms with van der Waals surface area (Å²) in [4.78, 5) is 0. The number of aryl methyl sites for hydroxylation is 1. The fourth-order valence-electron chi connectivity index (χ4n) is 1.68. The quantitative estimate of drug-likeness (QED) is 0.622. The summed E-state index contributed by atoms with van der Waals surface area (Å²) in [7, 11) is 0. The predicted molar refractivity (Wildman–Crippen MR) is 49.4 cm³/mol. The molecule has 0 saturated heterocycles. The van der Waals surface area contributed by atoms with Crippen LogP contribution in [0, 0.1) is 11.6 Å². The highest BCUT2D eigenvalue weighted by Crippen LogP contribution is 2.35. The standard InChI is InChI=1S/C11H12F2O/c1-11(2)4-3-7-5-8(12)6-9(13)10(7)14-11/h5-6H,3-4H2,1-2H3. The van der Waals surface area contributed by atoms with Gasteiger partial charge in [0.1, 0.15) is 11.4 Å². The third-order valence-corrected chi connectivity index (χ3v) is 2.46. The monoisotopic (exact) mass is 198 g/mol. The minimum Gasteiger partial charge on any atom is -0.484 e. The molecule has 1 aromatic carbocycles. The van der Waals surface area contributed by atoms with Gasteiger partial charge >= 0.3 is 0 Å². The molecular formula is C11H12F2O. The van der Waals surface area contributed by atoms with E-state index in [1.807, 2.05) is 13.8 Å². The van der Waals surface area contributed by atoms with E-state index in [1.165, 1.54) is 6.07 Å². The van der Waals surface area contributed by atoms with Crippen LogP contribution in [0.3, 0.4) is 0 Å². The number of rotatable bonds is 0. The fourth-order valence-corrected chi connectivity index (χ4v) is 1.68. The molecule has 0 spiro atoms. The Bertz CT molecular complexity index is 372. The molecule has 0 N–H and O–H groups in total. The van der Waals surface area contributed by atoms with Crippen LogP contribution in [0.1, 0.15) is 25.8 Å². The van der Waals surface area contributed by atoms with E-state index >= 15 is 0 Å². The molecule has 0 atom stereocenters. The molecule has 0 bridgehead atoms. The Morgan fingerprint density at radius 1 is 1.29 bits per heavy atom. The second-order valence-electron chi connectivity index (χ2n) is 4.24. The molecule has 0 saturated carbocycles. The zero-order chi connectivity index (χ0) is 10.3. The number of ether oxygens (including phenoxy) is 1. The molecule has 0 radical (unpaired) electrons. The summed E-state index contributed by atoms with van der Waals surface area (Å²) in [5, 5.41) is 0. The molecule has 1 nitrogen and oxygen atoms in total. The summed E-state index contributed by atoms with van der Waals surface area (Å²) in [6, 6.07) is 2.20. The lowest BCUT2D eigenvalue weighted by Gasteiger charge is -2.32. The largest absolute Gasteiger partial charge is 0.484 e. The lowest BCUT2D eigenvalue weighted by atomic mass is 9.94. The maximum atomic E-state index is 13.3. The number of halogens is 2. The number of hydrogen-bond donors (Lipinski definition) is 0. The minimum absolute atomic E-state index is 0.211.